The molecule has 0 aromatic heterocycles. The fourth-order valence-corrected chi connectivity index (χ4v) is 1.06. The Labute approximate surface area is 89.1 Å². The van der Waals surface area contributed by atoms with Crippen molar-refractivity contribution in [3.63, 3.8) is 0 Å². The molecule has 0 atom stereocenters. The second-order valence-corrected chi connectivity index (χ2v) is 3.00. The van der Waals surface area contributed by atoms with Crippen LogP contribution in [0.15, 0.2) is 29.4 Å². The van der Waals surface area contributed by atoms with E-state index in [2.05, 4.69) is 5.16 Å². The molecule has 0 aliphatic rings. The van der Waals surface area contributed by atoms with E-state index in [-0.39, 0.29) is 6.61 Å². The van der Waals surface area contributed by atoms with Gasteiger partial charge in [-0.3, -0.25) is 0 Å². The maximum atomic E-state index is 8.46. The number of rotatable bonds is 5. The summed E-state index contributed by atoms with van der Waals surface area (Å²) in [7, 11) is 0. The van der Waals surface area contributed by atoms with E-state index in [1.807, 2.05) is 31.2 Å². The van der Waals surface area contributed by atoms with E-state index in [1.165, 1.54) is 0 Å². The van der Waals surface area contributed by atoms with E-state index in [0.717, 1.165) is 0 Å². The fourth-order valence-electron chi connectivity index (χ4n) is 1.06. The van der Waals surface area contributed by atoms with Crippen molar-refractivity contribution in [2.75, 3.05) is 13.2 Å². The van der Waals surface area contributed by atoms with E-state index in [9.17, 15) is 0 Å². The molecule has 4 heteroatoms. The van der Waals surface area contributed by atoms with Crippen molar-refractivity contribution in [1.29, 1.82) is 0 Å². The van der Waals surface area contributed by atoms with Crippen molar-refractivity contribution in [2.24, 2.45) is 5.16 Å². The molecule has 0 amide bonds. The van der Waals surface area contributed by atoms with Crippen LogP contribution in [0.5, 0.6) is 11.5 Å². The SMILES string of the molecule is CCOc1ccccc1OCC(C)=NO. The van der Waals surface area contributed by atoms with Gasteiger partial charge in [0.2, 0.25) is 0 Å². The monoisotopic (exact) mass is 209 g/mol. The number of benzene rings is 1. The van der Waals surface area contributed by atoms with Crippen LogP contribution in [0.2, 0.25) is 0 Å². The first kappa shape index (κ1) is 11.4. The summed E-state index contributed by atoms with van der Waals surface area (Å²) in [6.07, 6.45) is 0. The summed E-state index contributed by atoms with van der Waals surface area (Å²) in [5.41, 5.74) is 0.515. The van der Waals surface area contributed by atoms with Crippen molar-refractivity contribution < 1.29 is 14.7 Å². The molecule has 0 radical (unpaired) electrons. The Kier molecular flexibility index (Phi) is 4.47. The van der Waals surface area contributed by atoms with Crippen molar-refractivity contribution in [2.45, 2.75) is 13.8 Å². The molecule has 4 nitrogen and oxygen atoms in total. The third-order valence-corrected chi connectivity index (χ3v) is 1.76. The molecule has 0 bridgehead atoms. The first-order valence-corrected chi connectivity index (χ1v) is 4.80. The lowest BCUT2D eigenvalue weighted by molar-refractivity contribution is 0.290. The number of ether oxygens (including phenoxy) is 2. The smallest absolute Gasteiger partial charge is 0.161 e. The van der Waals surface area contributed by atoms with Gasteiger partial charge in [-0.1, -0.05) is 17.3 Å². The van der Waals surface area contributed by atoms with Gasteiger partial charge in [0.05, 0.1) is 12.3 Å². The van der Waals surface area contributed by atoms with Crippen LogP contribution in [0.1, 0.15) is 13.8 Å². The summed E-state index contributed by atoms with van der Waals surface area (Å²) < 4.78 is 10.8. The van der Waals surface area contributed by atoms with Crippen LogP contribution >= 0.6 is 0 Å². The van der Waals surface area contributed by atoms with Gasteiger partial charge >= 0.3 is 0 Å². The Morgan fingerprint density at radius 3 is 2.40 bits per heavy atom. The van der Waals surface area contributed by atoms with Crippen LogP contribution in [-0.4, -0.2) is 24.1 Å². The summed E-state index contributed by atoms with van der Waals surface area (Å²) in [6.45, 7) is 4.44. The van der Waals surface area contributed by atoms with Crippen molar-refractivity contribution in [3.8, 4) is 11.5 Å². The molecule has 82 valence electrons. The van der Waals surface area contributed by atoms with E-state index >= 15 is 0 Å². The molecule has 0 saturated heterocycles. The molecule has 15 heavy (non-hydrogen) atoms. The lowest BCUT2D eigenvalue weighted by Gasteiger charge is -2.10. The molecule has 0 fully saturated rings. The summed E-state index contributed by atoms with van der Waals surface area (Å²) >= 11 is 0. The number of oxime groups is 1. The molecule has 0 heterocycles. The zero-order valence-electron chi connectivity index (χ0n) is 8.93. The highest BCUT2D eigenvalue weighted by atomic mass is 16.5. The predicted molar refractivity (Wildman–Crippen MR) is 58.0 cm³/mol. The molecule has 0 spiro atoms. The van der Waals surface area contributed by atoms with Gasteiger partial charge in [-0.25, -0.2) is 0 Å². The fraction of sp³-hybridized carbons (Fsp3) is 0.364. The lowest BCUT2D eigenvalue weighted by Crippen LogP contribution is -2.08. The highest BCUT2D eigenvalue weighted by Gasteiger charge is 2.03. The van der Waals surface area contributed by atoms with Gasteiger partial charge in [-0.15, -0.1) is 0 Å². The van der Waals surface area contributed by atoms with Crippen LogP contribution in [0.3, 0.4) is 0 Å². The molecule has 1 aromatic rings. The summed E-state index contributed by atoms with van der Waals surface area (Å²) in [5, 5.41) is 11.5. The summed E-state index contributed by atoms with van der Waals surface area (Å²) in [5.74, 6) is 1.35. The highest BCUT2D eigenvalue weighted by molar-refractivity contribution is 5.82. The molecular formula is C11H15NO3. The van der Waals surface area contributed by atoms with E-state index in [1.54, 1.807) is 6.92 Å². The topological polar surface area (TPSA) is 51.0 Å². The van der Waals surface area contributed by atoms with Gasteiger partial charge in [-0.05, 0) is 26.0 Å². The van der Waals surface area contributed by atoms with Crippen LogP contribution in [0.25, 0.3) is 0 Å². The Balaban J connectivity index is 2.66. The maximum absolute atomic E-state index is 8.46. The largest absolute Gasteiger partial charge is 0.490 e. The van der Waals surface area contributed by atoms with Gasteiger partial charge in [0.1, 0.15) is 6.61 Å². The number of para-hydroxylation sites is 2. The highest BCUT2D eigenvalue weighted by Crippen LogP contribution is 2.26. The van der Waals surface area contributed by atoms with E-state index in [4.69, 9.17) is 14.7 Å². The third kappa shape index (κ3) is 3.50. The quantitative estimate of drug-likeness (QED) is 0.460. The Morgan fingerprint density at radius 1 is 1.27 bits per heavy atom. The third-order valence-electron chi connectivity index (χ3n) is 1.76. The van der Waals surface area contributed by atoms with Gasteiger partial charge in [0, 0.05) is 0 Å². The van der Waals surface area contributed by atoms with Crippen LogP contribution in [-0.2, 0) is 0 Å². The Morgan fingerprint density at radius 2 is 1.87 bits per heavy atom. The second kappa shape index (κ2) is 5.90. The number of hydrogen-bond donors (Lipinski definition) is 1. The average molecular weight is 209 g/mol. The summed E-state index contributed by atoms with van der Waals surface area (Å²) in [6, 6.07) is 7.40. The molecule has 0 aliphatic heterocycles. The van der Waals surface area contributed by atoms with Crippen LogP contribution < -0.4 is 9.47 Å². The van der Waals surface area contributed by atoms with E-state index < -0.39 is 0 Å². The van der Waals surface area contributed by atoms with Gasteiger partial charge in [-0.2, -0.15) is 0 Å². The first-order chi connectivity index (χ1) is 7.27. The minimum atomic E-state index is 0.251. The molecule has 0 aliphatic carbocycles. The zero-order valence-corrected chi connectivity index (χ0v) is 8.93. The second-order valence-electron chi connectivity index (χ2n) is 3.00. The normalized spacial score (nSPS) is 11.2. The van der Waals surface area contributed by atoms with Gasteiger partial charge in [0.25, 0.3) is 0 Å². The van der Waals surface area contributed by atoms with E-state index in [0.29, 0.717) is 23.8 Å². The number of nitrogens with zero attached hydrogens (tertiary/aromatic N) is 1. The lowest BCUT2D eigenvalue weighted by atomic mass is 10.3. The molecule has 1 aromatic carbocycles. The van der Waals surface area contributed by atoms with Crippen LogP contribution in [0.4, 0.5) is 0 Å². The van der Waals surface area contributed by atoms with Crippen LogP contribution in [0, 0.1) is 0 Å². The average Bonchev–Trinajstić information content (AvgIpc) is 2.28. The maximum Gasteiger partial charge on any atom is 0.161 e. The standard InChI is InChI=1S/C11H15NO3/c1-3-14-10-6-4-5-7-11(10)15-8-9(2)12-13/h4-7,13H,3,8H2,1-2H3. The molecule has 0 unspecified atom stereocenters. The Hall–Kier alpha value is -1.71. The number of hydrogen-bond acceptors (Lipinski definition) is 4. The predicted octanol–water partition coefficient (Wildman–Crippen LogP) is 2.31. The first-order valence-electron chi connectivity index (χ1n) is 4.80. The van der Waals surface area contributed by atoms with Crippen molar-refractivity contribution in [1.82, 2.24) is 0 Å². The minimum absolute atomic E-state index is 0.251. The molecule has 1 rings (SSSR count). The molecule has 0 saturated carbocycles. The van der Waals surface area contributed by atoms with Crippen molar-refractivity contribution >= 4 is 5.71 Å². The Bertz CT molecular complexity index is 336. The van der Waals surface area contributed by atoms with Crippen molar-refractivity contribution in [3.05, 3.63) is 24.3 Å². The summed E-state index contributed by atoms with van der Waals surface area (Å²) in [4.78, 5) is 0. The van der Waals surface area contributed by atoms with Gasteiger partial charge in [0.15, 0.2) is 11.5 Å². The zero-order chi connectivity index (χ0) is 11.1. The van der Waals surface area contributed by atoms with Gasteiger partial charge < -0.3 is 14.7 Å². The molecular weight excluding hydrogens is 194 g/mol. The minimum Gasteiger partial charge on any atom is -0.490 e. The molecule has 1 N–H and O–H groups in total.